The lowest BCUT2D eigenvalue weighted by molar-refractivity contribution is -0.0366. The van der Waals surface area contributed by atoms with Crippen molar-refractivity contribution >= 4 is 22.5 Å². The number of phenols is 1. The van der Waals surface area contributed by atoms with Gasteiger partial charge in [0, 0.05) is 6.61 Å². The summed E-state index contributed by atoms with van der Waals surface area (Å²) in [6.45, 7) is 2.64. The van der Waals surface area contributed by atoms with Crippen LogP contribution in [0.2, 0.25) is 5.02 Å². The maximum absolute atomic E-state index is 10.0. The minimum Gasteiger partial charge on any atom is -0.506 e. The summed E-state index contributed by atoms with van der Waals surface area (Å²) in [4.78, 5) is 0. The number of halogens is 1. The number of hydrogen-bond donors (Lipinski definition) is 1. The van der Waals surface area contributed by atoms with Crippen LogP contribution in [0.1, 0.15) is 31.1 Å². The second kappa shape index (κ2) is 4.44. The number of aryl methyl sites for hydroxylation is 1. The predicted octanol–water partition coefficient (Wildman–Crippen LogP) is 3.40. The lowest BCUT2D eigenvalue weighted by Gasteiger charge is -2.23. The van der Waals surface area contributed by atoms with Crippen LogP contribution in [0.15, 0.2) is 12.3 Å². The molecule has 3 rings (SSSR count). The molecule has 96 valence electrons. The van der Waals surface area contributed by atoms with E-state index in [-0.39, 0.29) is 12.0 Å². The van der Waals surface area contributed by atoms with Crippen LogP contribution in [-0.2, 0) is 4.74 Å². The van der Waals surface area contributed by atoms with Gasteiger partial charge in [-0.15, -0.1) is 0 Å². The van der Waals surface area contributed by atoms with Gasteiger partial charge in [0.25, 0.3) is 0 Å². The number of aromatic nitrogens is 2. The molecule has 0 amide bonds. The van der Waals surface area contributed by atoms with Crippen molar-refractivity contribution < 1.29 is 9.84 Å². The Morgan fingerprint density at radius 1 is 1.50 bits per heavy atom. The average molecular weight is 267 g/mol. The summed E-state index contributed by atoms with van der Waals surface area (Å²) >= 11 is 6.03. The largest absolute Gasteiger partial charge is 0.506 e. The highest BCUT2D eigenvalue weighted by atomic mass is 35.5. The van der Waals surface area contributed by atoms with Gasteiger partial charge < -0.3 is 9.84 Å². The molecule has 18 heavy (non-hydrogen) atoms. The van der Waals surface area contributed by atoms with Gasteiger partial charge in [-0.3, -0.25) is 0 Å². The van der Waals surface area contributed by atoms with E-state index in [1.54, 1.807) is 6.20 Å². The van der Waals surface area contributed by atoms with Crippen LogP contribution in [0.5, 0.6) is 5.75 Å². The highest BCUT2D eigenvalue weighted by Crippen LogP contribution is 2.36. The smallest absolute Gasteiger partial charge is 0.150 e. The molecule has 2 aromatic rings. The first-order chi connectivity index (χ1) is 8.68. The Hall–Kier alpha value is -1.26. The van der Waals surface area contributed by atoms with Gasteiger partial charge in [-0.1, -0.05) is 11.6 Å². The van der Waals surface area contributed by atoms with Crippen LogP contribution in [0.25, 0.3) is 10.9 Å². The van der Waals surface area contributed by atoms with Gasteiger partial charge in [0.1, 0.15) is 5.75 Å². The highest BCUT2D eigenvalue weighted by Gasteiger charge is 2.20. The molecular formula is C13H15ClN2O2. The van der Waals surface area contributed by atoms with Crippen LogP contribution in [0.3, 0.4) is 0 Å². The third kappa shape index (κ3) is 1.76. The number of rotatable bonds is 1. The van der Waals surface area contributed by atoms with Crippen LogP contribution >= 0.6 is 11.6 Å². The molecule has 1 N–H and O–H groups in total. The van der Waals surface area contributed by atoms with Crippen LogP contribution < -0.4 is 0 Å². The predicted molar refractivity (Wildman–Crippen MR) is 70.0 cm³/mol. The van der Waals surface area contributed by atoms with E-state index in [1.807, 2.05) is 17.7 Å². The summed E-state index contributed by atoms with van der Waals surface area (Å²) in [6, 6.07) is 1.95. The molecule has 0 spiro atoms. The molecule has 5 heteroatoms. The minimum absolute atomic E-state index is 0.0313. The van der Waals surface area contributed by atoms with E-state index in [0.717, 1.165) is 36.9 Å². The number of fused-ring (bicyclic) bond motifs is 1. The van der Waals surface area contributed by atoms with Gasteiger partial charge in [-0.2, -0.15) is 5.10 Å². The Morgan fingerprint density at radius 2 is 2.33 bits per heavy atom. The fourth-order valence-corrected chi connectivity index (χ4v) is 2.57. The van der Waals surface area contributed by atoms with Gasteiger partial charge in [0.05, 0.1) is 22.1 Å². The highest BCUT2D eigenvalue weighted by molar-refractivity contribution is 6.34. The molecule has 1 aliphatic heterocycles. The van der Waals surface area contributed by atoms with Gasteiger partial charge in [-0.25, -0.2) is 4.68 Å². The Labute approximate surface area is 110 Å². The van der Waals surface area contributed by atoms with E-state index < -0.39 is 0 Å². The number of hydrogen-bond acceptors (Lipinski definition) is 3. The normalized spacial score (nSPS) is 20.4. The van der Waals surface area contributed by atoms with Gasteiger partial charge in [-0.05, 0) is 37.8 Å². The Bertz CT molecular complexity index is 588. The fraction of sp³-hybridized carbons (Fsp3) is 0.462. The Balaban J connectivity index is 2.13. The molecule has 2 heterocycles. The molecule has 1 saturated heterocycles. The molecule has 0 radical (unpaired) electrons. The third-order valence-electron chi connectivity index (χ3n) is 3.42. The Kier molecular flexibility index (Phi) is 2.92. The zero-order valence-corrected chi connectivity index (χ0v) is 10.9. The molecule has 4 nitrogen and oxygen atoms in total. The molecular weight excluding hydrogens is 252 g/mol. The van der Waals surface area contributed by atoms with E-state index in [2.05, 4.69) is 5.10 Å². The van der Waals surface area contributed by atoms with Crippen molar-refractivity contribution in [2.45, 2.75) is 32.4 Å². The number of benzene rings is 1. The summed E-state index contributed by atoms with van der Waals surface area (Å²) in [6.07, 6.45) is 4.82. The molecule has 0 bridgehead atoms. The topological polar surface area (TPSA) is 47.3 Å². The van der Waals surface area contributed by atoms with E-state index in [0.29, 0.717) is 10.4 Å². The zero-order valence-electron chi connectivity index (χ0n) is 10.2. The van der Waals surface area contributed by atoms with E-state index in [4.69, 9.17) is 16.3 Å². The third-order valence-corrected chi connectivity index (χ3v) is 3.90. The van der Waals surface area contributed by atoms with E-state index >= 15 is 0 Å². The summed E-state index contributed by atoms with van der Waals surface area (Å²) in [5, 5.41) is 15.4. The number of phenolic OH excluding ortho intramolecular Hbond substituents is 1. The van der Waals surface area contributed by atoms with E-state index in [9.17, 15) is 5.11 Å². The van der Waals surface area contributed by atoms with Crippen molar-refractivity contribution in [2.24, 2.45) is 0 Å². The molecule has 1 fully saturated rings. The number of ether oxygens (including phenoxy) is 1. The minimum atomic E-state index is -0.0313. The average Bonchev–Trinajstić information content (AvgIpc) is 2.81. The summed E-state index contributed by atoms with van der Waals surface area (Å²) < 4.78 is 7.57. The molecule has 1 unspecified atom stereocenters. The van der Waals surface area contributed by atoms with E-state index in [1.165, 1.54) is 0 Å². The first-order valence-electron chi connectivity index (χ1n) is 6.15. The van der Waals surface area contributed by atoms with Crippen LogP contribution in [0, 0.1) is 6.92 Å². The first-order valence-corrected chi connectivity index (χ1v) is 6.53. The van der Waals surface area contributed by atoms with Gasteiger partial charge in [0.15, 0.2) is 6.23 Å². The van der Waals surface area contributed by atoms with Gasteiger partial charge >= 0.3 is 0 Å². The van der Waals surface area contributed by atoms with Crippen molar-refractivity contribution in [1.29, 1.82) is 0 Å². The molecule has 0 aliphatic carbocycles. The monoisotopic (exact) mass is 266 g/mol. The summed E-state index contributed by atoms with van der Waals surface area (Å²) in [5.74, 6) is 0.105. The maximum Gasteiger partial charge on any atom is 0.150 e. The lowest BCUT2D eigenvalue weighted by atomic mass is 10.1. The molecule has 1 aliphatic rings. The standard InChI is InChI=1S/C13H15ClN2O2/c1-8-6-10-9(13(17)12(8)14)7-15-16(10)11-4-2-3-5-18-11/h6-7,11,17H,2-5H2,1H3. The van der Waals surface area contributed by atoms with Crippen molar-refractivity contribution in [3.05, 3.63) is 22.8 Å². The number of nitrogens with zero attached hydrogens (tertiary/aromatic N) is 2. The molecule has 1 aromatic carbocycles. The first kappa shape index (κ1) is 11.8. The molecule has 1 aromatic heterocycles. The van der Waals surface area contributed by atoms with Crippen molar-refractivity contribution in [1.82, 2.24) is 9.78 Å². The fourth-order valence-electron chi connectivity index (χ4n) is 2.42. The Morgan fingerprint density at radius 3 is 3.06 bits per heavy atom. The van der Waals surface area contributed by atoms with Crippen molar-refractivity contribution in [3.63, 3.8) is 0 Å². The van der Waals surface area contributed by atoms with Crippen molar-refractivity contribution in [2.75, 3.05) is 6.61 Å². The van der Waals surface area contributed by atoms with Crippen LogP contribution in [0.4, 0.5) is 0 Å². The second-order valence-corrected chi connectivity index (χ2v) is 5.08. The number of aromatic hydroxyl groups is 1. The van der Waals surface area contributed by atoms with Crippen LogP contribution in [-0.4, -0.2) is 21.5 Å². The summed E-state index contributed by atoms with van der Waals surface area (Å²) in [7, 11) is 0. The molecule has 0 saturated carbocycles. The zero-order chi connectivity index (χ0) is 12.7. The SMILES string of the molecule is Cc1cc2c(cnn2C2CCCCO2)c(O)c1Cl. The maximum atomic E-state index is 10.0. The summed E-state index contributed by atoms with van der Waals surface area (Å²) in [5.41, 5.74) is 1.72. The van der Waals surface area contributed by atoms with Crippen molar-refractivity contribution in [3.8, 4) is 5.75 Å². The molecule has 1 atom stereocenters. The lowest BCUT2D eigenvalue weighted by Crippen LogP contribution is -2.18. The second-order valence-electron chi connectivity index (χ2n) is 4.70. The quantitative estimate of drug-likeness (QED) is 0.860. The van der Waals surface area contributed by atoms with Gasteiger partial charge in [0.2, 0.25) is 0 Å².